The fourth-order valence-corrected chi connectivity index (χ4v) is 4.00. The summed E-state index contributed by atoms with van der Waals surface area (Å²) in [6.45, 7) is 6.08. The highest BCUT2D eigenvalue weighted by atomic mass is 16.2. The Kier molecular flexibility index (Phi) is 4.41. The number of hydrogen-bond donors (Lipinski definition) is 0. The Morgan fingerprint density at radius 3 is 2.46 bits per heavy atom. The number of benzene rings is 1. The molecule has 3 heterocycles. The van der Waals surface area contributed by atoms with Crippen LogP contribution in [0.15, 0.2) is 54.7 Å². The first-order chi connectivity index (χ1) is 12.6. The summed E-state index contributed by atoms with van der Waals surface area (Å²) in [6.07, 6.45) is 2.93. The number of carbonyl (C=O) groups is 1. The van der Waals surface area contributed by atoms with E-state index in [4.69, 9.17) is 4.98 Å². The lowest BCUT2D eigenvalue weighted by molar-refractivity contribution is 0.0625. The van der Waals surface area contributed by atoms with Crippen LogP contribution in [0.4, 0.5) is 0 Å². The molecule has 0 saturated carbocycles. The van der Waals surface area contributed by atoms with E-state index in [1.54, 1.807) is 6.20 Å². The number of likely N-dealkylation sites (tertiary alicyclic amines) is 1. The lowest BCUT2D eigenvalue weighted by Crippen LogP contribution is -2.42. The zero-order valence-electron chi connectivity index (χ0n) is 15.2. The van der Waals surface area contributed by atoms with E-state index < -0.39 is 0 Å². The minimum atomic E-state index is 0.0965. The van der Waals surface area contributed by atoms with E-state index in [1.807, 2.05) is 53.4 Å². The fourth-order valence-electron chi connectivity index (χ4n) is 4.00. The number of piperidine rings is 1. The van der Waals surface area contributed by atoms with Crippen LogP contribution in [0.5, 0.6) is 0 Å². The average molecular weight is 345 g/mol. The molecule has 2 atom stereocenters. The van der Waals surface area contributed by atoms with Crippen LogP contribution in [0.3, 0.4) is 0 Å². The van der Waals surface area contributed by atoms with Crippen molar-refractivity contribution in [1.29, 1.82) is 0 Å². The number of fused-ring (bicyclic) bond motifs is 1. The van der Waals surface area contributed by atoms with E-state index in [9.17, 15) is 4.79 Å². The number of rotatable bonds is 2. The molecule has 0 unspecified atom stereocenters. The Bertz CT molecular complexity index is 929. The van der Waals surface area contributed by atoms with Crippen molar-refractivity contribution in [3.05, 3.63) is 60.3 Å². The zero-order chi connectivity index (χ0) is 18.1. The highest BCUT2D eigenvalue weighted by molar-refractivity contribution is 6.07. The Hall–Kier alpha value is -2.75. The second-order valence-corrected chi connectivity index (χ2v) is 7.44. The van der Waals surface area contributed by atoms with Crippen molar-refractivity contribution in [3.63, 3.8) is 0 Å². The molecule has 1 aromatic carbocycles. The lowest BCUT2D eigenvalue weighted by atomic mass is 9.91. The average Bonchev–Trinajstić information content (AvgIpc) is 2.66. The largest absolute Gasteiger partial charge is 0.338 e. The van der Waals surface area contributed by atoms with Gasteiger partial charge in [-0.1, -0.05) is 38.1 Å². The van der Waals surface area contributed by atoms with Crippen LogP contribution in [0.1, 0.15) is 30.6 Å². The molecule has 26 heavy (non-hydrogen) atoms. The van der Waals surface area contributed by atoms with Crippen molar-refractivity contribution in [2.24, 2.45) is 11.8 Å². The fraction of sp³-hybridized carbons (Fsp3) is 0.318. The molecule has 1 aliphatic heterocycles. The third kappa shape index (κ3) is 3.19. The molecule has 1 amide bonds. The Morgan fingerprint density at radius 2 is 1.73 bits per heavy atom. The topological polar surface area (TPSA) is 46.1 Å². The summed E-state index contributed by atoms with van der Waals surface area (Å²) in [5.74, 6) is 1.16. The summed E-state index contributed by atoms with van der Waals surface area (Å²) < 4.78 is 0. The maximum atomic E-state index is 13.4. The monoisotopic (exact) mass is 345 g/mol. The predicted molar refractivity (Wildman–Crippen MR) is 104 cm³/mol. The quantitative estimate of drug-likeness (QED) is 0.691. The van der Waals surface area contributed by atoms with Gasteiger partial charge in [0.25, 0.3) is 5.91 Å². The molecule has 1 aliphatic rings. The molecule has 1 saturated heterocycles. The third-order valence-corrected chi connectivity index (χ3v) is 5.03. The van der Waals surface area contributed by atoms with Crippen molar-refractivity contribution in [2.45, 2.75) is 20.3 Å². The Labute approximate surface area is 153 Å². The first kappa shape index (κ1) is 16.7. The molecule has 4 nitrogen and oxygen atoms in total. The molecular weight excluding hydrogens is 322 g/mol. The maximum absolute atomic E-state index is 13.4. The smallest absolute Gasteiger partial charge is 0.254 e. The molecule has 4 heteroatoms. The number of aromatic nitrogens is 2. The standard InChI is InChI=1S/C22H23N3O/c1-15-11-16(2)14-25(13-15)22(26)18-12-21(20-9-5-6-10-23-20)24-19-8-4-3-7-17(18)19/h3-10,12,15-16H,11,13-14H2,1-2H3/t15-,16-/m0/s1. The third-order valence-electron chi connectivity index (χ3n) is 5.03. The molecule has 2 aromatic heterocycles. The predicted octanol–water partition coefficient (Wildman–Crippen LogP) is 4.41. The van der Waals surface area contributed by atoms with Gasteiger partial charge in [0.2, 0.25) is 0 Å². The molecule has 0 aliphatic carbocycles. The van der Waals surface area contributed by atoms with Crippen molar-refractivity contribution in [3.8, 4) is 11.4 Å². The van der Waals surface area contributed by atoms with Gasteiger partial charge in [-0.3, -0.25) is 9.78 Å². The number of para-hydroxylation sites is 1. The first-order valence-electron chi connectivity index (χ1n) is 9.22. The number of hydrogen-bond acceptors (Lipinski definition) is 3. The second-order valence-electron chi connectivity index (χ2n) is 7.44. The molecule has 0 spiro atoms. The van der Waals surface area contributed by atoms with Crippen molar-refractivity contribution in [2.75, 3.05) is 13.1 Å². The Morgan fingerprint density at radius 1 is 1.00 bits per heavy atom. The molecule has 4 rings (SSSR count). The van der Waals surface area contributed by atoms with Crippen molar-refractivity contribution >= 4 is 16.8 Å². The summed E-state index contributed by atoms with van der Waals surface area (Å²) in [5.41, 5.74) is 3.08. The number of nitrogens with zero attached hydrogens (tertiary/aromatic N) is 3. The highest BCUT2D eigenvalue weighted by Crippen LogP contribution is 2.27. The molecule has 0 radical (unpaired) electrons. The SMILES string of the molecule is C[C@H]1C[C@H](C)CN(C(=O)c2cc(-c3ccccn3)nc3ccccc23)C1. The van der Waals surface area contributed by atoms with E-state index in [-0.39, 0.29) is 5.91 Å². The van der Waals surface area contributed by atoms with Gasteiger partial charge >= 0.3 is 0 Å². The maximum Gasteiger partial charge on any atom is 0.254 e. The highest BCUT2D eigenvalue weighted by Gasteiger charge is 2.27. The van der Waals surface area contributed by atoms with Crippen LogP contribution in [-0.4, -0.2) is 33.9 Å². The van der Waals surface area contributed by atoms with Gasteiger partial charge in [0.15, 0.2) is 0 Å². The normalized spacial score (nSPS) is 20.3. The van der Waals surface area contributed by atoms with Gasteiger partial charge in [-0.25, -0.2) is 4.98 Å². The minimum Gasteiger partial charge on any atom is -0.338 e. The summed E-state index contributed by atoms with van der Waals surface area (Å²) in [5, 5.41) is 0.906. The lowest BCUT2D eigenvalue weighted by Gasteiger charge is -2.35. The molecule has 1 fully saturated rings. The summed E-state index contributed by atoms with van der Waals surface area (Å²) in [6, 6.07) is 15.5. The van der Waals surface area contributed by atoms with Crippen LogP contribution in [0.2, 0.25) is 0 Å². The number of carbonyl (C=O) groups excluding carboxylic acids is 1. The first-order valence-corrected chi connectivity index (χ1v) is 9.22. The molecule has 0 N–H and O–H groups in total. The van der Waals surface area contributed by atoms with E-state index in [0.717, 1.165) is 40.9 Å². The van der Waals surface area contributed by atoms with Crippen LogP contribution in [0, 0.1) is 11.8 Å². The van der Waals surface area contributed by atoms with Gasteiger partial charge in [0.1, 0.15) is 0 Å². The van der Waals surface area contributed by atoms with Gasteiger partial charge in [0.05, 0.1) is 22.5 Å². The van der Waals surface area contributed by atoms with Gasteiger partial charge < -0.3 is 4.90 Å². The molecule has 132 valence electrons. The van der Waals surface area contributed by atoms with E-state index in [0.29, 0.717) is 11.8 Å². The molecule has 0 bridgehead atoms. The van der Waals surface area contributed by atoms with Crippen LogP contribution in [-0.2, 0) is 0 Å². The minimum absolute atomic E-state index is 0.0965. The molecule has 3 aromatic rings. The van der Waals surface area contributed by atoms with Crippen molar-refractivity contribution < 1.29 is 4.79 Å². The summed E-state index contributed by atoms with van der Waals surface area (Å²) in [4.78, 5) is 24.5. The molecular formula is C22H23N3O. The number of pyridine rings is 2. The van der Waals surface area contributed by atoms with Crippen molar-refractivity contribution in [1.82, 2.24) is 14.9 Å². The van der Waals surface area contributed by atoms with E-state index >= 15 is 0 Å². The Balaban J connectivity index is 1.81. The number of amides is 1. The van der Waals surface area contributed by atoms with Crippen LogP contribution >= 0.6 is 0 Å². The van der Waals surface area contributed by atoms with Gasteiger partial charge in [-0.05, 0) is 42.5 Å². The van der Waals surface area contributed by atoms with E-state index in [1.165, 1.54) is 6.42 Å². The van der Waals surface area contributed by atoms with Gasteiger partial charge in [-0.2, -0.15) is 0 Å². The van der Waals surface area contributed by atoms with Gasteiger partial charge in [0, 0.05) is 24.7 Å². The zero-order valence-corrected chi connectivity index (χ0v) is 15.2. The van der Waals surface area contributed by atoms with Gasteiger partial charge in [-0.15, -0.1) is 0 Å². The van der Waals surface area contributed by atoms with Crippen LogP contribution < -0.4 is 0 Å². The second kappa shape index (κ2) is 6.87. The summed E-state index contributed by atoms with van der Waals surface area (Å²) >= 11 is 0. The van der Waals surface area contributed by atoms with E-state index in [2.05, 4.69) is 18.8 Å². The van der Waals surface area contributed by atoms with Crippen LogP contribution in [0.25, 0.3) is 22.3 Å². The summed E-state index contributed by atoms with van der Waals surface area (Å²) in [7, 11) is 0.